The zero-order chi connectivity index (χ0) is 17.9. The molecule has 0 aliphatic rings. The minimum Gasteiger partial charge on any atom is -0.262 e. The summed E-state index contributed by atoms with van der Waals surface area (Å²) in [4.78, 5) is 0. The van der Waals surface area contributed by atoms with Crippen LogP contribution in [0.1, 0.15) is 59.3 Å². The van der Waals surface area contributed by atoms with Crippen molar-refractivity contribution in [1.29, 1.82) is 0 Å². The Labute approximate surface area is 156 Å². The molecular weight excluding hydrogens is 358 g/mol. The molecular formula is C17H41N2P2S2+. The zero-order valence-corrected chi connectivity index (χ0v) is 20.1. The first kappa shape index (κ1) is 24.4. The lowest BCUT2D eigenvalue weighted by Crippen LogP contribution is -2.20. The smallest absolute Gasteiger partial charge is 0.134 e. The molecule has 0 aromatic carbocycles. The van der Waals surface area contributed by atoms with Crippen molar-refractivity contribution in [2.24, 2.45) is 0 Å². The summed E-state index contributed by atoms with van der Waals surface area (Å²) in [7, 11) is 7.81. The van der Waals surface area contributed by atoms with Crippen molar-refractivity contribution in [3.8, 4) is 0 Å². The van der Waals surface area contributed by atoms with E-state index in [-0.39, 0.29) is 0 Å². The molecule has 0 spiro atoms. The first-order chi connectivity index (χ1) is 10.8. The summed E-state index contributed by atoms with van der Waals surface area (Å²) >= 11 is 8.22. The third-order valence-electron chi connectivity index (χ3n) is 4.47. The number of rotatable bonds is 14. The van der Waals surface area contributed by atoms with Gasteiger partial charge in [0, 0.05) is 7.26 Å². The molecule has 140 valence electrons. The first-order valence-electron chi connectivity index (χ1n) is 9.23. The molecule has 0 saturated heterocycles. The first-order valence-corrected chi connectivity index (χ1v) is 16.1. The van der Waals surface area contributed by atoms with Crippen molar-refractivity contribution in [3.05, 3.63) is 0 Å². The molecule has 0 saturated carbocycles. The van der Waals surface area contributed by atoms with Crippen molar-refractivity contribution in [3.63, 3.8) is 0 Å². The van der Waals surface area contributed by atoms with Crippen molar-refractivity contribution >= 4 is 36.0 Å². The highest BCUT2D eigenvalue weighted by Gasteiger charge is 2.38. The van der Waals surface area contributed by atoms with E-state index in [2.05, 4.69) is 69.7 Å². The molecule has 0 rings (SSSR count). The average molecular weight is 400 g/mol. The molecule has 6 heteroatoms. The Morgan fingerprint density at radius 2 is 1.13 bits per heavy atom. The maximum Gasteiger partial charge on any atom is 0.134 e. The van der Waals surface area contributed by atoms with E-state index in [4.69, 9.17) is 11.8 Å². The molecule has 0 radical (unpaired) electrons. The van der Waals surface area contributed by atoms with Gasteiger partial charge in [-0.2, -0.15) is 0 Å². The summed E-state index contributed by atoms with van der Waals surface area (Å²) in [6.45, 7) is 7.02. The predicted octanol–water partition coefficient (Wildman–Crippen LogP) is 6.44. The fourth-order valence-corrected chi connectivity index (χ4v) is 17.0. The topological polar surface area (TPSA) is 6.48 Å². The lowest BCUT2D eigenvalue weighted by molar-refractivity contribution is 0.588. The number of hydrogen-bond acceptors (Lipinski definition) is 2. The van der Waals surface area contributed by atoms with E-state index in [1.165, 1.54) is 62.5 Å². The molecule has 23 heavy (non-hydrogen) atoms. The third kappa shape index (κ3) is 8.52. The van der Waals surface area contributed by atoms with Gasteiger partial charge in [0.15, 0.2) is 0 Å². The molecule has 0 unspecified atom stereocenters. The van der Waals surface area contributed by atoms with Crippen LogP contribution in [0.2, 0.25) is 0 Å². The van der Waals surface area contributed by atoms with Gasteiger partial charge in [0.2, 0.25) is 0 Å². The van der Waals surface area contributed by atoms with Crippen LogP contribution >= 0.6 is 24.2 Å². The van der Waals surface area contributed by atoms with Crippen LogP contribution in [0, 0.1) is 0 Å². The minimum absolute atomic E-state index is 0.851. The Morgan fingerprint density at radius 1 is 0.783 bits per heavy atom. The fraction of sp³-hybridized carbons (Fsp3) is 1.00. The van der Waals surface area contributed by atoms with E-state index >= 15 is 0 Å². The summed E-state index contributed by atoms with van der Waals surface area (Å²) in [5, 5.41) is 0. The number of nitrogens with zero attached hydrogens (tertiary/aromatic N) is 2. The number of unbranched alkanes of at least 4 members (excludes halogenated alkanes) is 3. The lowest BCUT2D eigenvalue weighted by atomic mass is 10.4. The third-order valence-corrected chi connectivity index (χ3v) is 20.2. The van der Waals surface area contributed by atoms with Gasteiger partial charge < -0.3 is 0 Å². The summed E-state index contributed by atoms with van der Waals surface area (Å²) in [6, 6.07) is 0. The van der Waals surface area contributed by atoms with Crippen molar-refractivity contribution in [2.75, 3.05) is 52.2 Å². The molecule has 0 atom stereocenters. The Morgan fingerprint density at radius 3 is 1.39 bits per heavy atom. The van der Waals surface area contributed by atoms with Gasteiger partial charge in [0.05, 0.1) is 18.5 Å². The van der Waals surface area contributed by atoms with Gasteiger partial charge >= 0.3 is 0 Å². The van der Waals surface area contributed by atoms with Crippen molar-refractivity contribution in [2.45, 2.75) is 59.3 Å². The van der Waals surface area contributed by atoms with Crippen LogP contribution < -0.4 is 0 Å². The van der Waals surface area contributed by atoms with Crippen LogP contribution in [0.3, 0.4) is 0 Å². The summed E-state index contributed by atoms with van der Waals surface area (Å²) < 4.78 is 4.61. The molecule has 0 aliphatic carbocycles. The van der Waals surface area contributed by atoms with Crippen LogP contribution in [-0.2, 0) is 11.8 Å². The highest BCUT2D eigenvalue weighted by molar-refractivity contribution is 8.70. The van der Waals surface area contributed by atoms with Crippen LogP contribution in [0.4, 0.5) is 0 Å². The Bertz CT molecular complexity index is 316. The average Bonchev–Trinajstić information content (AvgIpc) is 2.52. The van der Waals surface area contributed by atoms with Gasteiger partial charge in [0.25, 0.3) is 0 Å². The predicted molar refractivity (Wildman–Crippen MR) is 120 cm³/mol. The molecule has 0 bridgehead atoms. The Hall–Kier alpha value is 1.35. The van der Waals surface area contributed by atoms with Gasteiger partial charge in [-0.1, -0.05) is 63.2 Å². The molecule has 0 heterocycles. The molecule has 0 aromatic heterocycles. The summed E-state index contributed by atoms with van der Waals surface area (Å²) in [5.74, 6) is 0. The highest BCUT2D eigenvalue weighted by Crippen LogP contribution is 2.71. The van der Waals surface area contributed by atoms with Gasteiger partial charge in [-0.3, -0.25) is 9.34 Å². The van der Waals surface area contributed by atoms with Crippen LogP contribution in [0.5, 0.6) is 0 Å². The molecule has 0 N–H and O–H groups in total. The summed E-state index contributed by atoms with van der Waals surface area (Å²) in [5.41, 5.74) is -0.264. The highest BCUT2D eigenvalue weighted by atomic mass is 32.9. The standard InChI is InChI=1S/C17H41N2P2S2/c1-8-11-14-20(15-12-9-2,16-13-10-3)17-23-21(22,18(4)5)19(6)7/h8-17H2,1-7H3/q+1. The van der Waals surface area contributed by atoms with E-state index in [9.17, 15) is 0 Å². The molecule has 2 nitrogen and oxygen atoms in total. The van der Waals surface area contributed by atoms with E-state index in [0.29, 0.717) is 0 Å². The van der Waals surface area contributed by atoms with Gasteiger partial charge in [0.1, 0.15) is 11.0 Å². The van der Waals surface area contributed by atoms with Crippen LogP contribution in [0.15, 0.2) is 0 Å². The van der Waals surface area contributed by atoms with Gasteiger partial charge in [-0.05, 0) is 47.5 Å². The van der Waals surface area contributed by atoms with Crippen LogP contribution in [-0.4, -0.2) is 61.5 Å². The number of hydrogen-bond donors (Lipinski definition) is 0. The monoisotopic (exact) mass is 399 g/mol. The maximum atomic E-state index is 6.10. The Balaban J connectivity index is 5.17. The van der Waals surface area contributed by atoms with E-state index < -0.39 is 12.8 Å². The quantitative estimate of drug-likeness (QED) is 0.310. The van der Waals surface area contributed by atoms with E-state index in [0.717, 1.165) is 0 Å². The second kappa shape index (κ2) is 12.7. The molecule has 0 fully saturated rings. The minimum atomic E-state index is -1.61. The maximum absolute atomic E-state index is 6.10. The van der Waals surface area contributed by atoms with E-state index in [1.807, 2.05) is 0 Å². The zero-order valence-electron chi connectivity index (χ0n) is 16.7. The van der Waals surface area contributed by atoms with Crippen LogP contribution in [0.25, 0.3) is 0 Å². The fourth-order valence-electron chi connectivity index (χ4n) is 2.80. The van der Waals surface area contributed by atoms with E-state index in [1.54, 1.807) is 0 Å². The lowest BCUT2D eigenvalue weighted by Gasteiger charge is -2.36. The molecule has 0 aromatic rings. The van der Waals surface area contributed by atoms with Gasteiger partial charge in [-0.15, -0.1) is 0 Å². The van der Waals surface area contributed by atoms with Crippen molar-refractivity contribution in [1.82, 2.24) is 9.34 Å². The van der Waals surface area contributed by atoms with Crippen molar-refractivity contribution < 1.29 is 0 Å². The Kier molecular flexibility index (Phi) is 13.4. The largest absolute Gasteiger partial charge is 0.262 e. The molecule has 0 aliphatic heterocycles. The SMILES string of the molecule is CCCC[P+](CCCC)(CCCC)CSP(=S)(N(C)C)N(C)C. The normalized spacial score (nSPS) is 13.3. The second-order valence-electron chi connectivity index (χ2n) is 7.02. The summed E-state index contributed by atoms with van der Waals surface area (Å²) in [6.07, 6.45) is 12.7. The van der Waals surface area contributed by atoms with Gasteiger partial charge in [-0.25, -0.2) is 0 Å². The second-order valence-corrected chi connectivity index (χ2v) is 19.4. The molecule has 0 amide bonds.